The lowest BCUT2D eigenvalue weighted by Crippen LogP contribution is -2.25. The summed E-state index contributed by atoms with van der Waals surface area (Å²) in [7, 11) is 0. The summed E-state index contributed by atoms with van der Waals surface area (Å²) in [4.78, 5) is 3.55. The molecular formula is C55H61N3O. The Balaban J connectivity index is 0.000000149. The second kappa shape index (κ2) is 21.3. The molecule has 0 fully saturated rings. The number of unbranched alkanes of at least 4 members (excludes halogenated alkanes) is 10. The highest BCUT2D eigenvalue weighted by atomic mass is 16.5. The quantitative estimate of drug-likeness (QED) is 0.0994. The van der Waals surface area contributed by atoms with Gasteiger partial charge in [0.25, 0.3) is 0 Å². The van der Waals surface area contributed by atoms with Crippen molar-refractivity contribution in [2.45, 2.75) is 109 Å². The molecule has 0 amide bonds. The van der Waals surface area contributed by atoms with Gasteiger partial charge in [0.15, 0.2) is 6.26 Å². The summed E-state index contributed by atoms with van der Waals surface area (Å²) in [5.74, 6) is 0. The molecule has 1 N–H and O–H groups in total. The van der Waals surface area contributed by atoms with Crippen molar-refractivity contribution < 1.29 is 4.52 Å². The highest BCUT2D eigenvalue weighted by Gasteiger charge is 2.41. The molecule has 302 valence electrons. The fourth-order valence-electron chi connectivity index (χ4n) is 9.12. The van der Waals surface area contributed by atoms with E-state index in [4.69, 9.17) is 0 Å². The van der Waals surface area contributed by atoms with Crippen LogP contribution in [0.25, 0.3) is 55.3 Å². The van der Waals surface area contributed by atoms with E-state index >= 15 is 0 Å². The second-order valence-electron chi connectivity index (χ2n) is 16.1. The Hall–Kier alpha value is -5.74. The molecule has 0 saturated heterocycles. The summed E-state index contributed by atoms with van der Waals surface area (Å²) < 4.78 is 4.61. The van der Waals surface area contributed by atoms with Gasteiger partial charge in [0.2, 0.25) is 0 Å². The van der Waals surface area contributed by atoms with Crippen molar-refractivity contribution in [2.75, 3.05) is 0 Å². The van der Waals surface area contributed by atoms with Gasteiger partial charge in [-0.3, -0.25) is 0 Å². The van der Waals surface area contributed by atoms with E-state index in [-0.39, 0.29) is 5.41 Å². The number of H-pyrrole nitrogens is 1. The van der Waals surface area contributed by atoms with Gasteiger partial charge in [-0.15, -0.1) is 5.10 Å². The van der Waals surface area contributed by atoms with Crippen LogP contribution in [0, 0.1) is 0 Å². The molecule has 2 aromatic heterocycles. The number of benzene rings is 6. The van der Waals surface area contributed by atoms with Gasteiger partial charge in [-0.2, -0.15) is 0 Å². The van der Waals surface area contributed by atoms with Gasteiger partial charge >= 0.3 is 0 Å². The van der Waals surface area contributed by atoms with Gasteiger partial charge in [0.05, 0.1) is 5.52 Å². The fraction of sp³-hybridized carbons (Fsp3) is 0.309. The average molecular weight is 780 g/mol. The topological polar surface area (TPSA) is 54.7 Å². The first-order valence-electron chi connectivity index (χ1n) is 22.3. The molecule has 0 radical (unpaired) electrons. The summed E-state index contributed by atoms with van der Waals surface area (Å²) in [6.45, 7) is 4.61. The fourth-order valence-corrected chi connectivity index (χ4v) is 9.12. The van der Waals surface area contributed by atoms with Crippen molar-refractivity contribution in [2.24, 2.45) is 0 Å². The van der Waals surface area contributed by atoms with E-state index in [0.29, 0.717) is 0 Å². The molecule has 8 aromatic rings. The van der Waals surface area contributed by atoms with Crippen molar-refractivity contribution in [3.8, 4) is 33.5 Å². The minimum atomic E-state index is 0.253. The summed E-state index contributed by atoms with van der Waals surface area (Å²) in [5.41, 5.74) is 13.2. The van der Waals surface area contributed by atoms with Crippen molar-refractivity contribution in [3.05, 3.63) is 169 Å². The van der Waals surface area contributed by atoms with E-state index in [1.165, 1.54) is 140 Å². The Morgan fingerprint density at radius 1 is 0.458 bits per heavy atom. The summed E-state index contributed by atoms with van der Waals surface area (Å²) in [6.07, 6.45) is 20.8. The van der Waals surface area contributed by atoms with Crippen LogP contribution in [-0.2, 0) is 5.41 Å². The molecule has 6 aromatic carbocycles. The van der Waals surface area contributed by atoms with Gasteiger partial charge < -0.3 is 9.51 Å². The number of aromatic amines is 1. The second-order valence-corrected chi connectivity index (χ2v) is 16.1. The third-order valence-electron chi connectivity index (χ3n) is 12.1. The number of hydrogen-bond donors (Lipinski definition) is 1. The van der Waals surface area contributed by atoms with E-state index in [1.807, 2.05) is 30.3 Å². The average Bonchev–Trinajstić information content (AvgIpc) is 4.04. The molecule has 4 nitrogen and oxygen atoms in total. The van der Waals surface area contributed by atoms with Crippen LogP contribution < -0.4 is 0 Å². The number of nitrogens with zero attached hydrogens (tertiary/aromatic N) is 2. The Kier molecular flexibility index (Phi) is 15.0. The molecular weight excluding hydrogens is 719 g/mol. The molecule has 0 spiro atoms. The van der Waals surface area contributed by atoms with E-state index in [0.717, 1.165) is 11.3 Å². The van der Waals surface area contributed by atoms with E-state index < -0.39 is 0 Å². The van der Waals surface area contributed by atoms with Gasteiger partial charge in [-0.25, -0.2) is 0 Å². The Bertz CT molecular complexity index is 2370. The maximum Gasteiger partial charge on any atom is 0.152 e. The molecule has 4 heteroatoms. The Labute approximate surface area is 352 Å². The number of fused-ring (bicyclic) bond motifs is 6. The normalized spacial score (nSPS) is 12.3. The zero-order valence-electron chi connectivity index (χ0n) is 35.2. The lowest BCUT2D eigenvalue weighted by Gasteiger charge is -2.33. The molecule has 1 aliphatic rings. The summed E-state index contributed by atoms with van der Waals surface area (Å²) in [5, 5.41) is 9.72. The molecule has 2 heterocycles. The third-order valence-corrected chi connectivity index (χ3v) is 12.1. The van der Waals surface area contributed by atoms with Gasteiger partial charge in [-0.05, 0) is 46.7 Å². The van der Waals surface area contributed by atoms with Crippen LogP contribution >= 0.6 is 0 Å². The van der Waals surface area contributed by atoms with Gasteiger partial charge in [-0.1, -0.05) is 236 Å². The molecule has 0 bridgehead atoms. The standard InChI is InChI=1S/C29H42.C18H13N.C8H6N2O/c1-3-5-7-9-11-17-23-29(24-18-12-10-8-6-4-2)27-21-15-13-19-25(27)26-20-14-16-22-28(26)29;1-2-7-13(8-3-1)14-10-6-11-16-15-9-4-5-12-17(15)19-18(14)16;1-2-4-7(5-3-1)8-6-11-10-9-8/h13-16,19-22H,3-12,17-18,23-24H2,1-2H3;1-12,19H;1-6H. The van der Waals surface area contributed by atoms with Crippen LogP contribution in [0.2, 0.25) is 0 Å². The minimum Gasteiger partial charge on any atom is -0.354 e. The number of rotatable bonds is 16. The maximum absolute atomic E-state index is 4.61. The predicted octanol–water partition coefficient (Wildman–Crippen LogP) is 16.2. The van der Waals surface area contributed by atoms with E-state index in [1.54, 1.807) is 11.1 Å². The minimum absolute atomic E-state index is 0.253. The first-order chi connectivity index (χ1) is 29.2. The summed E-state index contributed by atoms with van der Waals surface area (Å²) >= 11 is 0. The lowest BCUT2D eigenvalue weighted by molar-refractivity contribution is 0.393. The SMILES string of the molecule is CCCCCCCCC1(CCCCCCCC)c2ccccc2-c2ccccc21.c1ccc(-c2cccc3c2[nH]c2ccccc23)cc1.c1ccc(-c2conn2)cc1. The molecule has 0 saturated carbocycles. The van der Waals surface area contributed by atoms with Crippen LogP contribution in [0.1, 0.15) is 115 Å². The predicted molar refractivity (Wildman–Crippen MR) is 250 cm³/mol. The Morgan fingerprint density at radius 2 is 0.949 bits per heavy atom. The van der Waals surface area contributed by atoms with E-state index in [2.05, 4.69) is 155 Å². The van der Waals surface area contributed by atoms with Crippen molar-refractivity contribution in [1.82, 2.24) is 15.4 Å². The van der Waals surface area contributed by atoms with Crippen molar-refractivity contribution in [1.29, 1.82) is 0 Å². The first-order valence-corrected chi connectivity index (χ1v) is 22.3. The molecule has 0 unspecified atom stereocenters. The summed E-state index contributed by atoms with van der Waals surface area (Å²) in [6, 6.07) is 53.8. The van der Waals surface area contributed by atoms with Gasteiger partial charge in [0.1, 0.15) is 5.69 Å². The number of aromatic nitrogens is 3. The zero-order valence-corrected chi connectivity index (χ0v) is 35.2. The van der Waals surface area contributed by atoms with Crippen LogP contribution in [-0.4, -0.2) is 15.4 Å². The maximum atomic E-state index is 4.61. The van der Waals surface area contributed by atoms with Crippen LogP contribution in [0.15, 0.2) is 162 Å². The molecule has 9 rings (SSSR count). The highest BCUT2D eigenvalue weighted by Crippen LogP contribution is 2.54. The Morgan fingerprint density at radius 3 is 1.54 bits per heavy atom. The zero-order chi connectivity index (χ0) is 40.5. The monoisotopic (exact) mass is 779 g/mol. The lowest BCUT2D eigenvalue weighted by atomic mass is 9.70. The van der Waals surface area contributed by atoms with Crippen molar-refractivity contribution in [3.63, 3.8) is 0 Å². The third kappa shape index (κ3) is 10.1. The van der Waals surface area contributed by atoms with Crippen LogP contribution in [0.3, 0.4) is 0 Å². The van der Waals surface area contributed by atoms with Crippen molar-refractivity contribution >= 4 is 21.8 Å². The largest absolute Gasteiger partial charge is 0.354 e. The number of nitrogens with one attached hydrogen (secondary N) is 1. The van der Waals surface area contributed by atoms with E-state index in [9.17, 15) is 0 Å². The molecule has 0 atom stereocenters. The molecule has 59 heavy (non-hydrogen) atoms. The van der Waals surface area contributed by atoms with Crippen LogP contribution in [0.5, 0.6) is 0 Å². The molecule has 0 aliphatic heterocycles. The van der Waals surface area contributed by atoms with Crippen LogP contribution in [0.4, 0.5) is 0 Å². The highest BCUT2D eigenvalue weighted by molar-refractivity contribution is 6.11. The molecule has 1 aliphatic carbocycles. The smallest absolute Gasteiger partial charge is 0.152 e. The first kappa shape index (κ1) is 41.4. The number of hydrogen-bond acceptors (Lipinski definition) is 3. The van der Waals surface area contributed by atoms with Gasteiger partial charge in [0, 0.05) is 38.1 Å². The number of para-hydroxylation sites is 2.